The number of halogens is 1. The van der Waals surface area contributed by atoms with Gasteiger partial charge in [-0.3, -0.25) is 0 Å². The van der Waals surface area contributed by atoms with Crippen molar-refractivity contribution in [2.75, 3.05) is 20.3 Å². The van der Waals surface area contributed by atoms with E-state index < -0.39 is 0 Å². The highest BCUT2D eigenvalue weighted by molar-refractivity contribution is 9.10. The molecule has 0 saturated carbocycles. The van der Waals surface area contributed by atoms with Crippen LogP contribution in [0.2, 0.25) is 0 Å². The second-order valence-corrected chi connectivity index (χ2v) is 4.69. The quantitative estimate of drug-likeness (QED) is 0.745. The normalized spacial score (nSPS) is 12.8. The molecule has 0 aliphatic carbocycles. The lowest BCUT2D eigenvalue weighted by atomic mass is 10.1. The first kappa shape index (κ1) is 14.4. The van der Waals surface area contributed by atoms with Crippen molar-refractivity contribution in [2.24, 2.45) is 0 Å². The Labute approximate surface area is 110 Å². The number of nitrogens with one attached hydrogen (secondary N) is 1. The molecular formula is C12H18BrNO3. The molecule has 1 aromatic carbocycles. The number of aliphatic hydroxyl groups is 2. The summed E-state index contributed by atoms with van der Waals surface area (Å²) in [6.45, 7) is 1.80. The summed E-state index contributed by atoms with van der Waals surface area (Å²) in [7, 11) is 1.62. The molecule has 0 aromatic heterocycles. The third-order valence-corrected chi connectivity index (χ3v) is 3.29. The summed E-state index contributed by atoms with van der Waals surface area (Å²) in [6.07, 6.45) is 0. The summed E-state index contributed by atoms with van der Waals surface area (Å²) in [4.78, 5) is 0. The molecule has 0 aliphatic rings. The SMILES string of the molecule is COc1ccc(C(C)NC(CO)CO)c(Br)c1. The first-order valence-electron chi connectivity index (χ1n) is 5.43. The standard InChI is InChI=1S/C12H18BrNO3/c1-8(14-9(6-15)7-16)11-4-3-10(17-2)5-12(11)13/h3-5,8-9,14-16H,6-7H2,1-2H3. The number of rotatable bonds is 6. The molecule has 0 radical (unpaired) electrons. The topological polar surface area (TPSA) is 61.7 Å². The molecule has 1 rings (SSSR count). The van der Waals surface area contributed by atoms with Crippen molar-refractivity contribution < 1.29 is 14.9 Å². The highest BCUT2D eigenvalue weighted by atomic mass is 79.9. The Morgan fingerprint density at radius 3 is 2.47 bits per heavy atom. The van der Waals surface area contributed by atoms with Gasteiger partial charge in [-0.05, 0) is 24.6 Å². The van der Waals surface area contributed by atoms with E-state index in [4.69, 9.17) is 14.9 Å². The number of benzene rings is 1. The van der Waals surface area contributed by atoms with Crippen LogP contribution in [-0.2, 0) is 0 Å². The Morgan fingerprint density at radius 1 is 1.35 bits per heavy atom. The Balaban J connectivity index is 2.78. The van der Waals surface area contributed by atoms with Crippen LogP contribution in [0.25, 0.3) is 0 Å². The molecule has 1 atom stereocenters. The third kappa shape index (κ3) is 3.96. The Bertz CT molecular complexity index is 356. The van der Waals surface area contributed by atoms with E-state index in [1.165, 1.54) is 0 Å². The van der Waals surface area contributed by atoms with E-state index in [9.17, 15) is 0 Å². The van der Waals surface area contributed by atoms with E-state index in [1.54, 1.807) is 7.11 Å². The number of methoxy groups -OCH3 is 1. The van der Waals surface area contributed by atoms with Gasteiger partial charge in [0, 0.05) is 10.5 Å². The summed E-state index contributed by atoms with van der Waals surface area (Å²) < 4.78 is 6.06. The van der Waals surface area contributed by atoms with E-state index in [0.29, 0.717) is 0 Å². The lowest BCUT2D eigenvalue weighted by molar-refractivity contribution is 0.163. The van der Waals surface area contributed by atoms with Gasteiger partial charge in [0.2, 0.25) is 0 Å². The monoisotopic (exact) mass is 303 g/mol. The summed E-state index contributed by atoms with van der Waals surface area (Å²) in [5.74, 6) is 0.786. The van der Waals surface area contributed by atoms with Crippen molar-refractivity contribution in [2.45, 2.75) is 19.0 Å². The number of aliphatic hydroxyl groups excluding tert-OH is 2. The number of hydrogen-bond acceptors (Lipinski definition) is 4. The average Bonchev–Trinajstić information content (AvgIpc) is 2.35. The summed E-state index contributed by atoms with van der Waals surface area (Å²) in [5.41, 5.74) is 1.05. The molecule has 0 saturated heterocycles. The molecular weight excluding hydrogens is 286 g/mol. The van der Waals surface area contributed by atoms with Crippen molar-refractivity contribution in [3.8, 4) is 5.75 Å². The zero-order chi connectivity index (χ0) is 12.8. The molecule has 0 bridgehead atoms. The van der Waals surface area contributed by atoms with Gasteiger partial charge in [-0.15, -0.1) is 0 Å². The Hall–Kier alpha value is -0.620. The van der Waals surface area contributed by atoms with Crippen LogP contribution < -0.4 is 10.1 Å². The molecule has 0 amide bonds. The van der Waals surface area contributed by atoms with Gasteiger partial charge >= 0.3 is 0 Å². The minimum absolute atomic E-state index is 0.0274. The predicted molar refractivity (Wildman–Crippen MR) is 70.2 cm³/mol. The lowest BCUT2D eigenvalue weighted by Gasteiger charge is -2.21. The molecule has 0 fully saturated rings. The second-order valence-electron chi connectivity index (χ2n) is 3.84. The van der Waals surface area contributed by atoms with Crippen LogP contribution in [0.5, 0.6) is 5.75 Å². The largest absolute Gasteiger partial charge is 0.497 e. The Kier molecular flexibility index (Phi) is 5.91. The predicted octanol–water partition coefficient (Wildman–Crippen LogP) is 1.46. The van der Waals surface area contributed by atoms with Crippen LogP contribution in [0, 0.1) is 0 Å². The van der Waals surface area contributed by atoms with Gasteiger partial charge in [-0.1, -0.05) is 22.0 Å². The summed E-state index contributed by atoms with van der Waals surface area (Å²) in [5, 5.41) is 21.2. The smallest absolute Gasteiger partial charge is 0.120 e. The molecule has 5 heteroatoms. The molecule has 1 unspecified atom stereocenters. The van der Waals surface area contributed by atoms with Crippen molar-refractivity contribution in [3.05, 3.63) is 28.2 Å². The minimum Gasteiger partial charge on any atom is -0.497 e. The van der Waals surface area contributed by atoms with Gasteiger partial charge in [-0.25, -0.2) is 0 Å². The molecule has 17 heavy (non-hydrogen) atoms. The summed E-state index contributed by atoms with van der Waals surface area (Å²) in [6, 6.07) is 5.44. The maximum atomic E-state index is 9.02. The van der Waals surface area contributed by atoms with Gasteiger partial charge in [0.25, 0.3) is 0 Å². The van der Waals surface area contributed by atoms with Crippen molar-refractivity contribution in [1.82, 2.24) is 5.32 Å². The molecule has 4 nitrogen and oxygen atoms in total. The van der Waals surface area contributed by atoms with E-state index in [0.717, 1.165) is 15.8 Å². The van der Waals surface area contributed by atoms with E-state index in [2.05, 4.69) is 21.2 Å². The molecule has 0 aliphatic heterocycles. The van der Waals surface area contributed by atoms with Crippen molar-refractivity contribution >= 4 is 15.9 Å². The highest BCUT2D eigenvalue weighted by Gasteiger charge is 2.14. The molecule has 96 valence electrons. The third-order valence-electron chi connectivity index (χ3n) is 2.60. The first-order valence-corrected chi connectivity index (χ1v) is 6.22. The summed E-state index contributed by atoms with van der Waals surface area (Å²) >= 11 is 3.48. The molecule has 3 N–H and O–H groups in total. The van der Waals surface area contributed by atoms with Crippen LogP contribution in [0.3, 0.4) is 0 Å². The zero-order valence-electron chi connectivity index (χ0n) is 9.98. The van der Waals surface area contributed by atoms with Gasteiger partial charge in [-0.2, -0.15) is 0 Å². The van der Waals surface area contributed by atoms with Crippen LogP contribution in [-0.4, -0.2) is 36.6 Å². The van der Waals surface area contributed by atoms with Gasteiger partial charge < -0.3 is 20.3 Å². The van der Waals surface area contributed by atoms with E-state index in [-0.39, 0.29) is 25.3 Å². The van der Waals surface area contributed by atoms with Crippen LogP contribution in [0.15, 0.2) is 22.7 Å². The highest BCUT2D eigenvalue weighted by Crippen LogP contribution is 2.27. The Morgan fingerprint density at radius 2 is 2.00 bits per heavy atom. The minimum atomic E-state index is -0.306. The molecule has 0 spiro atoms. The van der Waals surface area contributed by atoms with Crippen LogP contribution in [0.1, 0.15) is 18.5 Å². The van der Waals surface area contributed by atoms with Crippen LogP contribution >= 0.6 is 15.9 Å². The van der Waals surface area contributed by atoms with Gasteiger partial charge in [0.1, 0.15) is 5.75 Å². The van der Waals surface area contributed by atoms with Gasteiger partial charge in [0.05, 0.1) is 26.4 Å². The average molecular weight is 304 g/mol. The second kappa shape index (κ2) is 6.96. The van der Waals surface area contributed by atoms with Crippen LogP contribution in [0.4, 0.5) is 0 Å². The maximum Gasteiger partial charge on any atom is 0.120 e. The van der Waals surface area contributed by atoms with E-state index >= 15 is 0 Å². The first-order chi connectivity index (χ1) is 8.12. The fourth-order valence-corrected chi connectivity index (χ4v) is 2.29. The zero-order valence-corrected chi connectivity index (χ0v) is 11.6. The van der Waals surface area contributed by atoms with Crippen molar-refractivity contribution in [1.29, 1.82) is 0 Å². The van der Waals surface area contributed by atoms with Crippen molar-refractivity contribution in [3.63, 3.8) is 0 Å². The fourth-order valence-electron chi connectivity index (χ4n) is 1.59. The van der Waals surface area contributed by atoms with E-state index in [1.807, 2.05) is 25.1 Å². The molecule has 1 aromatic rings. The fraction of sp³-hybridized carbons (Fsp3) is 0.500. The number of hydrogen-bond donors (Lipinski definition) is 3. The van der Waals surface area contributed by atoms with Gasteiger partial charge in [0.15, 0.2) is 0 Å². The maximum absolute atomic E-state index is 9.02. The lowest BCUT2D eigenvalue weighted by Crippen LogP contribution is -2.37. The number of ether oxygens (including phenoxy) is 1. The molecule has 0 heterocycles.